The van der Waals surface area contributed by atoms with Crippen LogP contribution < -0.4 is 17.0 Å². The predicted octanol–water partition coefficient (Wildman–Crippen LogP) is 0.731. The summed E-state index contributed by atoms with van der Waals surface area (Å²) in [5.41, 5.74) is 6.07. The summed E-state index contributed by atoms with van der Waals surface area (Å²) in [5, 5.41) is 0. The van der Waals surface area contributed by atoms with Crippen LogP contribution in [0.4, 0.5) is 0 Å². The highest BCUT2D eigenvalue weighted by Gasteiger charge is 2.14. The van der Waals surface area contributed by atoms with Crippen molar-refractivity contribution in [2.45, 2.75) is 51.6 Å². The maximum atomic E-state index is 12.5. The molecule has 2 heterocycles. The molecule has 0 saturated carbocycles. The minimum atomic E-state index is -0.299. The zero-order chi connectivity index (χ0) is 16.3. The third-order valence-corrected chi connectivity index (χ3v) is 3.99. The number of rotatable bonds is 7. The standard InChI is InChI=1S/C15H25N5O2/c1-11(16)8-6-4-5-7-9-20-14(21)12-13(17-10-18(12)2)19(3)15(20)22/h10-11H,4-9,16H2,1-3H3. The lowest BCUT2D eigenvalue weighted by molar-refractivity contribution is 0.515. The third kappa shape index (κ3) is 3.30. The van der Waals surface area contributed by atoms with Gasteiger partial charge in [0, 0.05) is 26.7 Å². The van der Waals surface area contributed by atoms with Crippen molar-refractivity contribution in [1.82, 2.24) is 18.7 Å². The Labute approximate surface area is 129 Å². The number of nitrogens with zero attached hydrogens (tertiary/aromatic N) is 4. The van der Waals surface area contributed by atoms with Crippen molar-refractivity contribution < 1.29 is 0 Å². The SMILES string of the molecule is CC(N)CCCCCCn1c(=O)c2c(ncn2C)n(C)c1=O. The Hall–Kier alpha value is -1.89. The van der Waals surface area contributed by atoms with E-state index in [0.29, 0.717) is 17.7 Å². The number of unbranched alkanes of at least 4 members (excludes halogenated alkanes) is 3. The second-order valence-electron chi connectivity index (χ2n) is 6.01. The van der Waals surface area contributed by atoms with E-state index in [4.69, 9.17) is 5.73 Å². The Balaban J connectivity index is 2.10. The molecule has 2 aromatic rings. The first-order chi connectivity index (χ1) is 10.4. The molecule has 2 aromatic heterocycles. The summed E-state index contributed by atoms with van der Waals surface area (Å²) < 4.78 is 4.42. The van der Waals surface area contributed by atoms with Gasteiger partial charge in [0.25, 0.3) is 5.56 Å². The van der Waals surface area contributed by atoms with Gasteiger partial charge in [0.1, 0.15) is 0 Å². The maximum Gasteiger partial charge on any atom is 0.332 e. The molecule has 0 aliphatic heterocycles. The van der Waals surface area contributed by atoms with Crippen molar-refractivity contribution in [3.63, 3.8) is 0 Å². The van der Waals surface area contributed by atoms with E-state index >= 15 is 0 Å². The van der Waals surface area contributed by atoms with E-state index in [1.54, 1.807) is 25.0 Å². The summed E-state index contributed by atoms with van der Waals surface area (Å²) in [6.07, 6.45) is 6.55. The van der Waals surface area contributed by atoms with E-state index in [2.05, 4.69) is 4.98 Å². The number of hydrogen-bond acceptors (Lipinski definition) is 4. The molecule has 7 nitrogen and oxygen atoms in total. The quantitative estimate of drug-likeness (QED) is 0.764. The number of fused-ring (bicyclic) bond motifs is 1. The van der Waals surface area contributed by atoms with Crippen LogP contribution in [0.15, 0.2) is 15.9 Å². The first kappa shape index (κ1) is 16.5. The van der Waals surface area contributed by atoms with Gasteiger partial charge in [-0.25, -0.2) is 9.78 Å². The van der Waals surface area contributed by atoms with Crippen LogP contribution in [0.25, 0.3) is 11.2 Å². The third-order valence-electron chi connectivity index (χ3n) is 3.99. The van der Waals surface area contributed by atoms with Gasteiger partial charge < -0.3 is 10.3 Å². The van der Waals surface area contributed by atoms with Crippen LogP contribution in [0.5, 0.6) is 0 Å². The van der Waals surface area contributed by atoms with Crippen molar-refractivity contribution >= 4 is 11.2 Å². The van der Waals surface area contributed by atoms with E-state index in [9.17, 15) is 9.59 Å². The molecule has 0 aliphatic rings. The average Bonchev–Trinajstić information content (AvgIpc) is 2.85. The van der Waals surface area contributed by atoms with Crippen molar-refractivity contribution in [3.05, 3.63) is 27.2 Å². The fourth-order valence-electron chi connectivity index (χ4n) is 2.68. The molecule has 0 saturated heterocycles. The van der Waals surface area contributed by atoms with Crippen LogP contribution >= 0.6 is 0 Å². The zero-order valence-electron chi connectivity index (χ0n) is 13.6. The molecule has 0 spiro atoms. The first-order valence-corrected chi connectivity index (χ1v) is 7.80. The largest absolute Gasteiger partial charge is 0.332 e. The lowest BCUT2D eigenvalue weighted by Gasteiger charge is -2.09. The Morgan fingerprint density at radius 2 is 1.86 bits per heavy atom. The summed E-state index contributed by atoms with van der Waals surface area (Å²) in [6.45, 7) is 2.46. The molecule has 0 amide bonds. The number of nitrogens with two attached hydrogens (primary N) is 1. The normalized spacial score (nSPS) is 12.9. The second-order valence-corrected chi connectivity index (χ2v) is 6.01. The molecule has 0 fully saturated rings. The molecule has 122 valence electrons. The maximum absolute atomic E-state index is 12.5. The Morgan fingerprint density at radius 3 is 2.55 bits per heavy atom. The lowest BCUT2D eigenvalue weighted by Crippen LogP contribution is -2.39. The monoisotopic (exact) mass is 307 g/mol. The molecular weight excluding hydrogens is 282 g/mol. The van der Waals surface area contributed by atoms with E-state index in [1.165, 1.54) is 9.13 Å². The molecule has 7 heteroatoms. The van der Waals surface area contributed by atoms with E-state index in [0.717, 1.165) is 32.1 Å². The van der Waals surface area contributed by atoms with E-state index in [1.807, 2.05) is 6.92 Å². The lowest BCUT2D eigenvalue weighted by atomic mass is 10.1. The van der Waals surface area contributed by atoms with Crippen LogP contribution in [0, 0.1) is 0 Å². The first-order valence-electron chi connectivity index (χ1n) is 7.80. The highest BCUT2D eigenvalue weighted by atomic mass is 16.2. The fraction of sp³-hybridized carbons (Fsp3) is 0.667. The van der Waals surface area contributed by atoms with Gasteiger partial charge in [-0.3, -0.25) is 13.9 Å². The van der Waals surface area contributed by atoms with E-state index in [-0.39, 0.29) is 17.3 Å². The summed E-state index contributed by atoms with van der Waals surface area (Å²) in [7, 11) is 3.41. The summed E-state index contributed by atoms with van der Waals surface area (Å²) in [6, 6.07) is 0.238. The van der Waals surface area contributed by atoms with Crippen LogP contribution in [0.3, 0.4) is 0 Å². The molecule has 0 aromatic carbocycles. The Morgan fingerprint density at radius 1 is 1.18 bits per heavy atom. The molecule has 0 radical (unpaired) electrons. The molecule has 1 atom stereocenters. The summed E-state index contributed by atoms with van der Waals surface area (Å²) in [4.78, 5) is 28.9. The molecule has 0 aliphatic carbocycles. The van der Waals surface area contributed by atoms with Gasteiger partial charge in [0.15, 0.2) is 11.2 Å². The van der Waals surface area contributed by atoms with Crippen LogP contribution in [0.2, 0.25) is 0 Å². The highest BCUT2D eigenvalue weighted by molar-refractivity contribution is 5.69. The molecular formula is C15H25N5O2. The molecule has 22 heavy (non-hydrogen) atoms. The molecule has 0 bridgehead atoms. The summed E-state index contributed by atoms with van der Waals surface area (Å²) >= 11 is 0. The van der Waals surface area contributed by atoms with Crippen molar-refractivity contribution in [3.8, 4) is 0 Å². The van der Waals surface area contributed by atoms with Crippen molar-refractivity contribution in [2.24, 2.45) is 19.8 Å². The van der Waals surface area contributed by atoms with Crippen molar-refractivity contribution in [1.29, 1.82) is 0 Å². The Bertz CT molecular complexity index is 754. The smallest absolute Gasteiger partial charge is 0.328 e. The predicted molar refractivity (Wildman–Crippen MR) is 86.9 cm³/mol. The van der Waals surface area contributed by atoms with Gasteiger partial charge in [-0.15, -0.1) is 0 Å². The molecule has 1 unspecified atom stereocenters. The number of aromatic nitrogens is 4. The highest BCUT2D eigenvalue weighted by Crippen LogP contribution is 2.06. The average molecular weight is 307 g/mol. The number of aryl methyl sites for hydroxylation is 2. The van der Waals surface area contributed by atoms with Crippen LogP contribution in [0.1, 0.15) is 39.0 Å². The zero-order valence-corrected chi connectivity index (χ0v) is 13.6. The van der Waals surface area contributed by atoms with E-state index < -0.39 is 0 Å². The van der Waals surface area contributed by atoms with Gasteiger partial charge in [-0.05, 0) is 19.8 Å². The summed E-state index contributed by atoms with van der Waals surface area (Å²) in [5.74, 6) is 0. The van der Waals surface area contributed by atoms with Gasteiger partial charge in [0.05, 0.1) is 6.33 Å². The van der Waals surface area contributed by atoms with Crippen LogP contribution in [-0.4, -0.2) is 24.7 Å². The Kier molecular flexibility index (Phi) is 5.18. The van der Waals surface area contributed by atoms with Gasteiger partial charge >= 0.3 is 5.69 Å². The van der Waals surface area contributed by atoms with Gasteiger partial charge in [-0.2, -0.15) is 0 Å². The number of imidazole rings is 1. The minimum absolute atomic E-state index is 0.238. The topological polar surface area (TPSA) is 87.8 Å². The van der Waals surface area contributed by atoms with Gasteiger partial charge in [-0.1, -0.05) is 19.3 Å². The minimum Gasteiger partial charge on any atom is -0.328 e. The van der Waals surface area contributed by atoms with Gasteiger partial charge in [0.2, 0.25) is 0 Å². The number of hydrogen-bond donors (Lipinski definition) is 1. The van der Waals surface area contributed by atoms with Crippen LogP contribution in [-0.2, 0) is 20.6 Å². The molecule has 2 N–H and O–H groups in total. The van der Waals surface area contributed by atoms with Crippen molar-refractivity contribution in [2.75, 3.05) is 0 Å². The second kappa shape index (κ2) is 6.91. The fourth-order valence-corrected chi connectivity index (χ4v) is 2.68. The molecule has 2 rings (SSSR count).